The number of halogens is 1. The molecule has 1 aliphatic rings. The lowest BCUT2D eigenvalue weighted by Gasteiger charge is -2.34. The lowest BCUT2D eigenvalue weighted by atomic mass is 10.2. The molecule has 0 bridgehead atoms. The fourth-order valence-electron chi connectivity index (χ4n) is 1.90. The molecule has 0 spiro atoms. The summed E-state index contributed by atoms with van der Waals surface area (Å²) in [6, 6.07) is 0. The van der Waals surface area contributed by atoms with Crippen molar-refractivity contribution in [2.75, 3.05) is 43.7 Å². The van der Waals surface area contributed by atoms with E-state index in [0.29, 0.717) is 0 Å². The molecule has 84 valence electrons. The van der Waals surface area contributed by atoms with Gasteiger partial charge in [-0.25, -0.2) is 0 Å². The monoisotopic (exact) mass is 310 g/mol. The molecule has 1 aliphatic heterocycles. The number of hydrogen-bond acceptors (Lipinski definition) is 2. The van der Waals surface area contributed by atoms with Crippen LogP contribution in [0.3, 0.4) is 0 Å². The molecule has 3 heteroatoms. The fourth-order valence-corrected chi connectivity index (χ4v) is 2.24. The summed E-state index contributed by atoms with van der Waals surface area (Å²) in [5, 5.41) is 0. The molecular weight excluding hydrogens is 287 g/mol. The third kappa shape index (κ3) is 4.94. The molecule has 2 nitrogen and oxygen atoms in total. The summed E-state index contributed by atoms with van der Waals surface area (Å²) in [5.74, 6) is 0. The summed E-state index contributed by atoms with van der Waals surface area (Å²) in [6.45, 7) is 10.1. The van der Waals surface area contributed by atoms with E-state index in [2.05, 4.69) is 39.3 Å². The van der Waals surface area contributed by atoms with Crippen molar-refractivity contribution in [3.05, 3.63) is 0 Å². The highest BCUT2D eigenvalue weighted by molar-refractivity contribution is 14.1. The minimum Gasteiger partial charge on any atom is -0.301 e. The van der Waals surface area contributed by atoms with Crippen LogP contribution in [-0.2, 0) is 0 Å². The average Bonchev–Trinajstić information content (AvgIpc) is 2.25. The van der Waals surface area contributed by atoms with E-state index >= 15 is 0 Å². The van der Waals surface area contributed by atoms with Crippen LogP contribution in [0.2, 0.25) is 0 Å². The number of alkyl halides is 1. The topological polar surface area (TPSA) is 6.48 Å². The Morgan fingerprint density at radius 3 is 1.86 bits per heavy atom. The molecule has 0 aliphatic carbocycles. The SMILES string of the molecule is CCCCN1CCN(CCCI)CC1. The second kappa shape index (κ2) is 7.88. The van der Waals surface area contributed by atoms with Gasteiger partial charge in [0.25, 0.3) is 0 Å². The van der Waals surface area contributed by atoms with Gasteiger partial charge in [0.2, 0.25) is 0 Å². The Labute approximate surface area is 102 Å². The number of piperazine rings is 1. The highest BCUT2D eigenvalue weighted by Crippen LogP contribution is 2.04. The smallest absolute Gasteiger partial charge is 0.0110 e. The van der Waals surface area contributed by atoms with Crippen LogP contribution >= 0.6 is 22.6 Å². The van der Waals surface area contributed by atoms with E-state index < -0.39 is 0 Å². The second-order valence-corrected chi connectivity index (χ2v) is 5.16. The summed E-state index contributed by atoms with van der Waals surface area (Å²) >= 11 is 2.47. The van der Waals surface area contributed by atoms with Crippen LogP contribution in [0, 0.1) is 0 Å². The summed E-state index contributed by atoms with van der Waals surface area (Å²) in [4.78, 5) is 5.23. The van der Waals surface area contributed by atoms with Gasteiger partial charge in [-0.2, -0.15) is 0 Å². The molecule has 0 N–H and O–H groups in total. The molecule has 0 aromatic rings. The molecule has 0 radical (unpaired) electrons. The quantitative estimate of drug-likeness (QED) is 0.548. The first-order chi connectivity index (χ1) is 6.86. The first-order valence-corrected chi connectivity index (χ1v) is 7.40. The first kappa shape index (κ1) is 12.7. The zero-order valence-corrected chi connectivity index (χ0v) is 11.5. The molecular formula is C11H23IN2. The molecule has 14 heavy (non-hydrogen) atoms. The van der Waals surface area contributed by atoms with Gasteiger partial charge in [0, 0.05) is 30.6 Å². The Morgan fingerprint density at radius 2 is 1.43 bits per heavy atom. The maximum absolute atomic E-state index is 2.62. The molecule has 0 atom stereocenters. The first-order valence-electron chi connectivity index (χ1n) is 5.87. The van der Waals surface area contributed by atoms with E-state index in [4.69, 9.17) is 0 Å². The molecule has 1 fully saturated rings. The minimum absolute atomic E-state index is 1.29. The highest BCUT2D eigenvalue weighted by atomic mass is 127. The van der Waals surface area contributed by atoms with Gasteiger partial charge in [0.05, 0.1) is 0 Å². The van der Waals surface area contributed by atoms with Crippen LogP contribution in [0.5, 0.6) is 0 Å². The van der Waals surface area contributed by atoms with E-state index in [1.807, 2.05) is 0 Å². The Bertz CT molecular complexity index is 117. The number of hydrogen-bond donors (Lipinski definition) is 0. The molecule has 1 saturated heterocycles. The van der Waals surface area contributed by atoms with E-state index in [1.165, 1.54) is 63.0 Å². The van der Waals surface area contributed by atoms with Gasteiger partial charge in [0.15, 0.2) is 0 Å². The number of nitrogens with zero attached hydrogens (tertiary/aromatic N) is 2. The summed E-state index contributed by atoms with van der Waals surface area (Å²) in [5.41, 5.74) is 0. The average molecular weight is 310 g/mol. The molecule has 0 unspecified atom stereocenters. The van der Waals surface area contributed by atoms with E-state index in [1.54, 1.807) is 0 Å². The lowest BCUT2D eigenvalue weighted by molar-refractivity contribution is 0.132. The normalized spacial score (nSPS) is 20.1. The van der Waals surface area contributed by atoms with Gasteiger partial charge in [-0.1, -0.05) is 35.9 Å². The van der Waals surface area contributed by atoms with E-state index in [0.717, 1.165) is 0 Å². The zero-order chi connectivity index (χ0) is 10.2. The van der Waals surface area contributed by atoms with Crippen LogP contribution < -0.4 is 0 Å². The molecule has 0 saturated carbocycles. The van der Waals surface area contributed by atoms with Crippen molar-refractivity contribution in [2.24, 2.45) is 0 Å². The minimum atomic E-state index is 1.29. The van der Waals surface area contributed by atoms with Gasteiger partial charge >= 0.3 is 0 Å². The van der Waals surface area contributed by atoms with E-state index in [9.17, 15) is 0 Å². The Hall–Kier alpha value is 0.650. The van der Waals surface area contributed by atoms with Crippen molar-refractivity contribution >= 4 is 22.6 Å². The predicted molar refractivity (Wildman–Crippen MR) is 71.3 cm³/mol. The van der Waals surface area contributed by atoms with Crippen molar-refractivity contribution in [3.63, 3.8) is 0 Å². The maximum atomic E-state index is 2.62. The largest absolute Gasteiger partial charge is 0.301 e. The third-order valence-corrected chi connectivity index (χ3v) is 3.66. The maximum Gasteiger partial charge on any atom is 0.0110 e. The standard InChI is InChI=1S/C11H23IN2/c1-2-3-6-13-8-10-14(11-9-13)7-4-5-12/h2-11H2,1H3. The zero-order valence-electron chi connectivity index (χ0n) is 9.34. The summed E-state index contributed by atoms with van der Waals surface area (Å²) in [6.07, 6.45) is 4.05. The summed E-state index contributed by atoms with van der Waals surface area (Å²) in [7, 11) is 0. The lowest BCUT2D eigenvalue weighted by Crippen LogP contribution is -2.46. The molecule has 0 aromatic carbocycles. The molecule has 1 rings (SSSR count). The van der Waals surface area contributed by atoms with Gasteiger partial charge in [-0.05, 0) is 25.9 Å². The number of unbranched alkanes of at least 4 members (excludes halogenated alkanes) is 1. The third-order valence-electron chi connectivity index (χ3n) is 2.90. The van der Waals surface area contributed by atoms with Crippen LogP contribution in [0.15, 0.2) is 0 Å². The summed E-state index contributed by atoms with van der Waals surface area (Å²) < 4.78 is 1.30. The fraction of sp³-hybridized carbons (Fsp3) is 1.00. The van der Waals surface area contributed by atoms with Crippen LogP contribution in [0.1, 0.15) is 26.2 Å². The van der Waals surface area contributed by atoms with E-state index in [-0.39, 0.29) is 0 Å². The Balaban J connectivity index is 2.05. The Morgan fingerprint density at radius 1 is 0.929 bits per heavy atom. The van der Waals surface area contributed by atoms with Crippen molar-refractivity contribution < 1.29 is 0 Å². The molecule has 0 amide bonds. The second-order valence-electron chi connectivity index (χ2n) is 4.08. The van der Waals surface area contributed by atoms with Crippen molar-refractivity contribution in [1.29, 1.82) is 0 Å². The van der Waals surface area contributed by atoms with Gasteiger partial charge in [-0.3, -0.25) is 0 Å². The molecule has 0 aromatic heterocycles. The Kier molecular flexibility index (Phi) is 7.16. The number of rotatable bonds is 6. The van der Waals surface area contributed by atoms with Crippen LogP contribution in [0.4, 0.5) is 0 Å². The van der Waals surface area contributed by atoms with Crippen molar-refractivity contribution in [1.82, 2.24) is 9.80 Å². The van der Waals surface area contributed by atoms with Crippen molar-refractivity contribution in [2.45, 2.75) is 26.2 Å². The van der Waals surface area contributed by atoms with Gasteiger partial charge < -0.3 is 9.80 Å². The van der Waals surface area contributed by atoms with Crippen molar-refractivity contribution in [3.8, 4) is 0 Å². The van der Waals surface area contributed by atoms with Crippen LogP contribution in [0.25, 0.3) is 0 Å². The van der Waals surface area contributed by atoms with Crippen LogP contribution in [-0.4, -0.2) is 53.5 Å². The van der Waals surface area contributed by atoms with Gasteiger partial charge in [0.1, 0.15) is 0 Å². The predicted octanol–water partition coefficient (Wildman–Crippen LogP) is 2.23. The van der Waals surface area contributed by atoms with Gasteiger partial charge in [-0.15, -0.1) is 0 Å². The highest BCUT2D eigenvalue weighted by Gasteiger charge is 2.15. The molecule has 1 heterocycles.